The van der Waals surface area contributed by atoms with Crippen molar-refractivity contribution in [3.63, 3.8) is 0 Å². The van der Waals surface area contributed by atoms with E-state index in [0.717, 1.165) is 60.9 Å². The Kier molecular flexibility index (Phi) is 6.43. The van der Waals surface area contributed by atoms with Gasteiger partial charge in [0.25, 0.3) is 0 Å². The summed E-state index contributed by atoms with van der Waals surface area (Å²) < 4.78 is 6.48. The number of para-hydroxylation sites is 1. The fourth-order valence-electron chi connectivity index (χ4n) is 6.38. The maximum Gasteiger partial charge on any atom is 0.164 e. The topological polar surface area (TPSA) is 51.8 Å². The number of hydrogen-bond acceptors (Lipinski definition) is 4. The van der Waals surface area contributed by atoms with Gasteiger partial charge in [0.1, 0.15) is 11.2 Å². The van der Waals surface area contributed by atoms with E-state index in [1.165, 1.54) is 10.8 Å². The molecule has 220 valence electrons. The summed E-state index contributed by atoms with van der Waals surface area (Å²) in [6, 6.07) is 56.4. The minimum absolute atomic E-state index is 0.624. The minimum Gasteiger partial charge on any atom is -0.456 e. The molecule has 0 bridgehead atoms. The SMILES string of the molecule is c1ccc(-c2nc(-c3ccccc3)nc(-c3cccc(-c4cc(-c5ccc6ccccc6c5)cc5oc6ccccc6c45)c3)n2)cc1. The summed E-state index contributed by atoms with van der Waals surface area (Å²) in [5, 5.41) is 4.60. The largest absolute Gasteiger partial charge is 0.456 e. The molecule has 0 atom stereocenters. The van der Waals surface area contributed by atoms with Crippen LogP contribution in [0.2, 0.25) is 0 Å². The molecule has 0 radical (unpaired) electrons. The number of benzene rings is 7. The molecule has 0 amide bonds. The molecule has 0 saturated heterocycles. The van der Waals surface area contributed by atoms with Crippen molar-refractivity contribution in [2.24, 2.45) is 0 Å². The molecule has 4 nitrogen and oxygen atoms in total. The summed E-state index contributed by atoms with van der Waals surface area (Å²) >= 11 is 0. The Morgan fingerprint density at radius 2 is 0.936 bits per heavy atom. The van der Waals surface area contributed by atoms with E-state index in [4.69, 9.17) is 19.4 Å². The maximum atomic E-state index is 6.48. The normalized spacial score (nSPS) is 11.4. The number of rotatable bonds is 5. The van der Waals surface area contributed by atoms with Crippen molar-refractivity contribution in [2.75, 3.05) is 0 Å². The van der Waals surface area contributed by atoms with Crippen molar-refractivity contribution < 1.29 is 4.42 Å². The van der Waals surface area contributed by atoms with Crippen LogP contribution in [0, 0.1) is 0 Å². The molecule has 0 aliphatic carbocycles. The van der Waals surface area contributed by atoms with E-state index in [2.05, 4.69) is 91.0 Å². The first-order chi connectivity index (χ1) is 23.3. The third-order valence-corrected chi connectivity index (χ3v) is 8.69. The van der Waals surface area contributed by atoms with Crippen molar-refractivity contribution in [3.05, 3.63) is 164 Å². The lowest BCUT2D eigenvalue weighted by Gasteiger charge is -2.12. The van der Waals surface area contributed by atoms with Gasteiger partial charge in [-0.15, -0.1) is 0 Å². The Hall–Kier alpha value is -6.39. The molecule has 47 heavy (non-hydrogen) atoms. The van der Waals surface area contributed by atoms with E-state index >= 15 is 0 Å². The van der Waals surface area contributed by atoms with E-state index in [0.29, 0.717) is 17.5 Å². The highest BCUT2D eigenvalue weighted by molar-refractivity contribution is 6.14. The molecule has 9 aromatic rings. The summed E-state index contributed by atoms with van der Waals surface area (Å²) in [5.74, 6) is 1.90. The zero-order valence-corrected chi connectivity index (χ0v) is 25.3. The van der Waals surface area contributed by atoms with Gasteiger partial charge in [0, 0.05) is 27.5 Å². The van der Waals surface area contributed by atoms with E-state index in [1.54, 1.807) is 0 Å². The first-order valence-electron chi connectivity index (χ1n) is 15.7. The molecular weight excluding hydrogens is 574 g/mol. The second-order valence-corrected chi connectivity index (χ2v) is 11.7. The summed E-state index contributed by atoms with van der Waals surface area (Å²) in [7, 11) is 0. The van der Waals surface area contributed by atoms with Crippen LogP contribution in [-0.4, -0.2) is 15.0 Å². The maximum absolute atomic E-state index is 6.48. The highest BCUT2D eigenvalue weighted by Gasteiger charge is 2.17. The number of aromatic nitrogens is 3. The molecule has 2 aromatic heterocycles. The van der Waals surface area contributed by atoms with Crippen molar-refractivity contribution in [3.8, 4) is 56.4 Å². The Bertz CT molecular complexity index is 2510. The predicted molar refractivity (Wildman–Crippen MR) is 192 cm³/mol. The highest BCUT2D eigenvalue weighted by atomic mass is 16.3. The molecule has 0 aliphatic heterocycles. The Labute approximate surface area is 271 Å². The van der Waals surface area contributed by atoms with Crippen LogP contribution < -0.4 is 0 Å². The van der Waals surface area contributed by atoms with Gasteiger partial charge in [0.15, 0.2) is 17.5 Å². The minimum atomic E-state index is 0.624. The second-order valence-electron chi connectivity index (χ2n) is 11.7. The van der Waals surface area contributed by atoms with Crippen LogP contribution in [-0.2, 0) is 0 Å². The van der Waals surface area contributed by atoms with E-state index in [1.807, 2.05) is 72.8 Å². The predicted octanol–water partition coefficient (Wildman–Crippen LogP) is 11.3. The van der Waals surface area contributed by atoms with Gasteiger partial charge in [0.05, 0.1) is 0 Å². The zero-order chi connectivity index (χ0) is 31.2. The van der Waals surface area contributed by atoms with Crippen molar-refractivity contribution in [1.82, 2.24) is 15.0 Å². The molecule has 0 fully saturated rings. The molecule has 0 spiro atoms. The Morgan fingerprint density at radius 3 is 1.68 bits per heavy atom. The van der Waals surface area contributed by atoms with Crippen LogP contribution in [0.1, 0.15) is 0 Å². The lowest BCUT2D eigenvalue weighted by Crippen LogP contribution is -2.00. The Balaban J connectivity index is 1.25. The van der Waals surface area contributed by atoms with Gasteiger partial charge in [-0.2, -0.15) is 0 Å². The summed E-state index contributed by atoms with van der Waals surface area (Å²) in [5.41, 5.74) is 8.92. The summed E-state index contributed by atoms with van der Waals surface area (Å²) in [4.78, 5) is 14.9. The molecule has 0 aliphatic rings. The monoisotopic (exact) mass is 601 g/mol. The van der Waals surface area contributed by atoms with Gasteiger partial charge in [-0.1, -0.05) is 133 Å². The van der Waals surface area contributed by atoms with Gasteiger partial charge >= 0.3 is 0 Å². The van der Waals surface area contributed by atoms with Gasteiger partial charge < -0.3 is 4.42 Å². The lowest BCUT2D eigenvalue weighted by molar-refractivity contribution is 0.669. The van der Waals surface area contributed by atoms with Crippen LogP contribution in [0.25, 0.3) is 89.1 Å². The average molecular weight is 602 g/mol. The number of nitrogens with zero attached hydrogens (tertiary/aromatic N) is 3. The number of hydrogen-bond donors (Lipinski definition) is 0. The van der Waals surface area contributed by atoms with E-state index in [-0.39, 0.29) is 0 Å². The van der Waals surface area contributed by atoms with Gasteiger partial charge in [-0.05, 0) is 63.4 Å². The summed E-state index contributed by atoms with van der Waals surface area (Å²) in [6.07, 6.45) is 0. The molecule has 2 heterocycles. The standard InChI is InChI=1S/C43H27N3O/c1-3-13-29(14-4-1)41-44-42(30-15-5-2-6-16-30)46-43(45-41)34-19-11-18-33(25-34)37-26-35(32-23-22-28-12-7-8-17-31(28)24-32)27-39-40(37)36-20-9-10-21-38(36)47-39/h1-27H. The van der Waals surface area contributed by atoms with Crippen molar-refractivity contribution in [1.29, 1.82) is 0 Å². The molecule has 0 unspecified atom stereocenters. The van der Waals surface area contributed by atoms with Gasteiger partial charge in [-0.3, -0.25) is 0 Å². The van der Waals surface area contributed by atoms with Crippen molar-refractivity contribution in [2.45, 2.75) is 0 Å². The van der Waals surface area contributed by atoms with Crippen LogP contribution in [0.5, 0.6) is 0 Å². The van der Waals surface area contributed by atoms with Gasteiger partial charge in [-0.25, -0.2) is 15.0 Å². The molecule has 9 rings (SSSR count). The fourth-order valence-corrected chi connectivity index (χ4v) is 6.38. The van der Waals surface area contributed by atoms with Crippen LogP contribution in [0.4, 0.5) is 0 Å². The first kappa shape index (κ1) is 27.0. The average Bonchev–Trinajstić information content (AvgIpc) is 3.53. The van der Waals surface area contributed by atoms with Gasteiger partial charge in [0.2, 0.25) is 0 Å². The fraction of sp³-hybridized carbons (Fsp3) is 0. The molecule has 0 N–H and O–H groups in total. The molecule has 0 saturated carbocycles. The molecule has 4 heteroatoms. The third kappa shape index (κ3) is 4.93. The van der Waals surface area contributed by atoms with Crippen LogP contribution >= 0.6 is 0 Å². The molecular formula is C43H27N3O. The quantitative estimate of drug-likeness (QED) is 0.197. The van der Waals surface area contributed by atoms with Crippen LogP contribution in [0.3, 0.4) is 0 Å². The second kappa shape index (κ2) is 11.2. The smallest absolute Gasteiger partial charge is 0.164 e. The highest BCUT2D eigenvalue weighted by Crippen LogP contribution is 2.41. The zero-order valence-electron chi connectivity index (χ0n) is 25.3. The van der Waals surface area contributed by atoms with E-state index in [9.17, 15) is 0 Å². The number of fused-ring (bicyclic) bond motifs is 4. The number of furan rings is 1. The van der Waals surface area contributed by atoms with Crippen molar-refractivity contribution >= 4 is 32.7 Å². The Morgan fingerprint density at radius 1 is 0.340 bits per heavy atom. The third-order valence-electron chi connectivity index (χ3n) is 8.69. The molecule has 7 aromatic carbocycles. The van der Waals surface area contributed by atoms with Crippen LogP contribution in [0.15, 0.2) is 168 Å². The first-order valence-corrected chi connectivity index (χ1v) is 15.7. The van der Waals surface area contributed by atoms with E-state index < -0.39 is 0 Å². The lowest BCUT2D eigenvalue weighted by atomic mass is 9.93. The summed E-state index contributed by atoms with van der Waals surface area (Å²) in [6.45, 7) is 0.